The van der Waals surface area contributed by atoms with Crippen LogP contribution in [0.15, 0.2) is 30.3 Å². The molecule has 0 saturated carbocycles. The highest BCUT2D eigenvalue weighted by molar-refractivity contribution is 5.68. The first-order valence-corrected chi connectivity index (χ1v) is 11.3. The Balaban J connectivity index is 1.92. The molecule has 0 N–H and O–H groups in total. The zero-order chi connectivity index (χ0) is 26.2. The molecule has 3 rings (SSSR count). The van der Waals surface area contributed by atoms with E-state index in [1.54, 1.807) is 0 Å². The van der Waals surface area contributed by atoms with Crippen molar-refractivity contribution in [2.24, 2.45) is 0 Å². The summed E-state index contributed by atoms with van der Waals surface area (Å²) in [4.78, 5) is 48.3. The molecule has 36 heavy (non-hydrogen) atoms. The van der Waals surface area contributed by atoms with Crippen molar-refractivity contribution in [3.63, 3.8) is 0 Å². The highest BCUT2D eigenvalue weighted by Gasteiger charge is 2.53. The van der Waals surface area contributed by atoms with Crippen molar-refractivity contribution < 1.29 is 42.9 Å². The second kappa shape index (κ2) is 12.2. The standard InChI is InChI=1S/C23H28N4O9/c1-13(28)32-12-18-20(33-14(2)29)21(34-15(3)30)22(35-16(4)31)23(36-18)27-25-19(24-26-27)11-10-17-8-6-5-7-9-17/h5-9,18,20-23H,10-12H2,1-4H3. The normalized spacial score (nSPS) is 23.4. The summed E-state index contributed by atoms with van der Waals surface area (Å²) in [5, 5.41) is 12.5. The third-order valence-corrected chi connectivity index (χ3v) is 5.14. The lowest BCUT2D eigenvalue weighted by atomic mass is 9.97. The quantitative estimate of drug-likeness (QED) is 0.348. The van der Waals surface area contributed by atoms with Crippen molar-refractivity contribution in [2.75, 3.05) is 6.61 Å². The molecule has 1 aromatic carbocycles. The highest BCUT2D eigenvalue weighted by Crippen LogP contribution is 2.34. The van der Waals surface area contributed by atoms with E-state index in [0.29, 0.717) is 18.7 Å². The number of esters is 4. The number of hydrogen-bond acceptors (Lipinski definition) is 12. The molecule has 1 aromatic heterocycles. The molecule has 5 unspecified atom stereocenters. The number of ether oxygens (including phenoxy) is 5. The third kappa shape index (κ3) is 7.31. The molecule has 13 nitrogen and oxygen atoms in total. The molecule has 0 spiro atoms. The number of benzene rings is 1. The third-order valence-electron chi connectivity index (χ3n) is 5.14. The predicted octanol–water partition coefficient (Wildman–Crippen LogP) is 0.714. The fourth-order valence-corrected chi connectivity index (χ4v) is 3.76. The number of carbonyl (C=O) groups excluding carboxylic acids is 4. The van der Waals surface area contributed by atoms with E-state index in [1.807, 2.05) is 30.3 Å². The van der Waals surface area contributed by atoms with Crippen LogP contribution >= 0.6 is 0 Å². The van der Waals surface area contributed by atoms with E-state index in [4.69, 9.17) is 23.7 Å². The Bertz CT molecular complexity index is 1070. The van der Waals surface area contributed by atoms with Crippen LogP contribution in [0.3, 0.4) is 0 Å². The SMILES string of the molecule is CC(=O)OCC1OC(n2nnc(CCc3ccccc3)n2)C(OC(C)=O)C(OC(C)=O)C1OC(C)=O. The molecule has 1 saturated heterocycles. The molecule has 1 aliphatic rings. The second-order valence-corrected chi connectivity index (χ2v) is 8.10. The molecule has 1 aliphatic heterocycles. The van der Waals surface area contributed by atoms with Crippen molar-refractivity contribution in [2.45, 2.75) is 71.2 Å². The minimum atomic E-state index is -1.31. The predicted molar refractivity (Wildman–Crippen MR) is 119 cm³/mol. The Kier molecular flexibility index (Phi) is 9.06. The molecule has 5 atom stereocenters. The summed E-state index contributed by atoms with van der Waals surface area (Å²) in [7, 11) is 0. The number of aromatic nitrogens is 4. The van der Waals surface area contributed by atoms with Crippen LogP contribution in [0.25, 0.3) is 0 Å². The zero-order valence-corrected chi connectivity index (χ0v) is 20.4. The fraction of sp³-hybridized carbons (Fsp3) is 0.522. The maximum atomic E-state index is 11.9. The van der Waals surface area contributed by atoms with Crippen LogP contribution in [0, 0.1) is 0 Å². The van der Waals surface area contributed by atoms with E-state index in [0.717, 1.165) is 31.1 Å². The van der Waals surface area contributed by atoms with Crippen molar-refractivity contribution in [1.29, 1.82) is 0 Å². The van der Waals surface area contributed by atoms with Gasteiger partial charge in [-0.2, -0.15) is 0 Å². The van der Waals surface area contributed by atoms with Crippen LogP contribution in [0.2, 0.25) is 0 Å². The van der Waals surface area contributed by atoms with Gasteiger partial charge in [-0.15, -0.1) is 15.0 Å². The second-order valence-electron chi connectivity index (χ2n) is 8.10. The first kappa shape index (κ1) is 26.7. The van der Waals surface area contributed by atoms with Crippen LogP contribution in [-0.4, -0.2) is 75.1 Å². The van der Waals surface area contributed by atoms with Gasteiger partial charge in [0.25, 0.3) is 0 Å². The topological polar surface area (TPSA) is 158 Å². The van der Waals surface area contributed by atoms with Gasteiger partial charge in [-0.25, -0.2) is 0 Å². The van der Waals surface area contributed by atoms with E-state index in [2.05, 4.69) is 15.4 Å². The van der Waals surface area contributed by atoms with Crippen molar-refractivity contribution in [3.05, 3.63) is 41.7 Å². The molecular weight excluding hydrogens is 476 g/mol. The van der Waals surface area contributed by atoms with Gasteiger partial charge in [0.15, 0.2) is 24.1 Å². The minimum Gasteiger partial charge on any atom is -0.463 e. The summed E-state index contributed by atoms with van der Waals surface area (Å²) in [6, 6.07) is 9.73. The molecule has 0 bridgehead atoms. The van der Waals surface area contributed by atoms with E-state index in [1.165, 1.54) is 6.92 Å². The zero-order valence-electron chi connectivity index (χ0n) is 20.4. The van der Waals surface area contributed by atoms with E-state index >= 15 is 0 Å². The molecule has 0 aliphatic carbocycles. The first-order valence-electron chi connectivity index (χ1n) is 11.3. The summed E-state index contributed by atoms with van der Waals surface area (Å²) >= 11 is 0. The lowest BCUT2D eigenvalue weighted by molar-refractivity contribution is -0.272. The Hall–Kier alpha value is -3.87. The number of rotatable bonds is 9. The monoisotopic (exact) mass is 504 g/mol. The highest BCUT2D eigenvalue weighted by atomic mass is 16.7. The van der Waals surface area contributed by atoms with Crippen LogP contribution < -0.4 is 0 Å². The van der Waals surface area contributed by atoms with Gasteiger partial charge in [0.2, 0.25) is 6.23 Å². The Labute approximate surface area is 207 Å². The van der Waals surface area contributed by atoms with Gasteiger partial charge in [0.1, 0.15) is 12.7 Å². The average Bonchev–Trinajstić information content (AvgIpc) is 3.27. The van der Waals surface area contributed by atoms with Gasteiger partial charge in [0.05, 0.1) is 0 Å². The molecule has 13 heteroatoms. The Morgan fingerprint density at radius 2 is 1.44 bits per heavy atom. The Morgan fingerprint density at radius 3 is 2.06 bits per heavy atom. The molecule has 2 heterocycles. The van der Waals surface area contributed by atoms with Crippen molar-refractivity contribution >= 4 is 23.9 Å². The minimum absolute atomic E-state index is 0.343. The van der Waals surface area contributed by atoms with Crippen LogP contribution in [0.1, 0.15) is 45.3 Å². The lowest BCUT2D eigenvalue weighted by Gasteiger charge is -2.43. The van der Waals surface area contributed by atoms with Gasteiger partial charge >= 0.3 is 23.9 Å². The van der Waals surface area contributed by atoms with Crippen LogP contribution in [-0.2, 0) is 55.7 Å². The molecule has 1 fully saturated rings. The number of tetrazole rings is 1. The number of carbonyl (C=O) groups is 4. The summed E-state index contributed by atoms with van der Waals surface area (Å²) in [5.74, 6) is -2.36. The summed E-state index contributed by atoms with van der Waals surface area (Å²) in [6.07, 6.45) is -5.08. The van der Waals surface area contributed by atoms with Gasteiger partial charge < -0.3 is 23.7 Å². The molecular formula is C23H28N4O9. The average molecular weight is 504 g/mol. The maximum Gasteiger partial charge on any atom is 0.303 e. The van der Waals surface area contributed by atoms with E-state index < -0.39 is 54.5 Å². The van der Waals surface area contributed by atoms with Crippen LogP contribution in [0.5, 0.6) is 0 Å². The molecule has 194 valence electrons. The summed E-state index contributed by atoms with van der Waals surface area (Å²) in [6.45, 7) is 4.32. The van der Waals surface area contributed by atoms with Crippen LogP contribution in [0.4, 0.5) is 0 Å². The fourth-order valence-electron chi connectivity index (χ4n) is 3.76. The number of nitrogens with zero attached hydrogens (tertiary/aromatic N) is 4. The largest absolute Gasteiger partial charge is 0.463 e. The number of hydrogen-bond donors (Lipinski definition) is 0. The summed E-state index contributed by atoms with van der Waals surface area (Å²) in [5.41, 5.74) is 1.08. The van der Waals surface area contributed by atoms with E-state index in [9.17, 15) is 19.2 Å². The van der Waals surface area contributed by atoms with Crippen molar-refractivity contribution in [1.82, 2.24) is 20.2 Å². The molecule has 2 aromatic rings. The first-order chi connectivity index (χ1) is 17.1. The molecule has 0 radical (unpaired) electrons. The summed E-state index contributed by atoms with van der Waals surface area (Å²) < 4.78 is 27.3. The number of aryl methyl sites for hydroxylation is 2. The van der Waals surface area contributed by atoms with Crippen molar-refractivity contribution in [3.8, 4) is 0 Å². The van der Waals surface area contributed by atoms with Gasteiger partial charge in [-0.1, -0.05) is 30.3 Å². The van der Waals surface area contributed by atoms with Gasteiger partial charge in [-0.3, -0.25) is 19.2 Å². The van der Waals surface area contributed by atoms with Gasteiger partial charge in [0, 0.05) is 34.1 Å². The smallest absolute Gasteiger partial charge is 0.303 e. The van der Waals surface area contributed by atoms with E-state index in [-0.39, 0.29) is 6.61 Å². The Morgan fingerprint density at radius 1 is 0.833 bits per heavy atom. The molecule has 0 amide bonds. The maximum absolute atomic E-state index is 11.9. The van der Waals surface area contributed by atoms with Gasteiger partial charge in [-0.05, 0) is 17.2 Å². The lowest BCUT2D eigenvalue weighted by Crippen LogP contribution is -2.60.